The number of sulfonamides is 1. The number of aromatic nitrogens is 2. The minimum atomic E-state index is -3.59. The molecule has 1 aromatic carbocycles. The molecule has 0 aliphatic carbocycles. The maximum atomic E-state index is 12.2. The van der Waals surface area contributed by atoms with Gasteiger partial charge in [0.25, 0.3) is 0 Å². The van der Waals surface area contributed by atoms with Crippen LogP contribution < -0.4 is 10.5 Å². The van der Waals surface area contributed by atoms with Crippen LogP contribution in [0.5, 0.6) is 0 Å². The summed E-state index contributed by atoms with van der Waals surface area (Å²) in [5.74, 6) is 0. The molecular weight excluding hydrogens is 276 g/mol. The quantitative estimate of drug-likeness (QED) is 0.826. The number of hydrogen-bond acceptors (Lipinski definition) is 4. The van der Waals surface area contributed by atoms with Crippen LogP contribution in [-0.2, 0) is 23.6 Å². The lowest BCUT2D eigenvalue weighted by Gasteiger charge is -2.10. The van der Waals surface area contributed by atoms with Crippen molar-refractivity contribution in [1.29, 1.82) is 0 Å². The van der Waals surface area contributed by atoms with Gasteiger partial charge < -0.3 is 5.73 Å². The molecular formula is C13H18N4O2S. The molecule has 0 radical (unpaired) electrons. The van der Waals surface area contributed by atoms with Crippen LogP contribution in [0.2, 0.25) is 0 Å². The van der Waals surface area contributed by atoms with E-state index >= 15 is 0 Å². The van der Waals surface area contributed by atoms with Gasteiger partial charge in [-0.3, -0.25) is 4.68 Å². The average molecular weight is 294 g/mol. The van der Waals surface area contributed by atoms with Crippen LogP contribution in [-0.4, -0.2) is 18.2 Å². The fourth-order valence-electron chi connectivity index (χ4n) is 1.82. The van der Waals surface area contributed by atoms with Crippen LogP contribution >= 0.6 is 0 Å². The van der Waals surface area contributed by atoms with E-state index in [9.17, 15) is 8.42 Å². The van der Waals surface area contributed by atoms with E-state index in [1.54, 1.807) is 30.1 Å². The summed E-state index contributed by atoms with van der Waals surface area (Å²) in [6.45, 7) is 3.85. The molecule has 7 heteroatoms. The summed E-state index contributed by atoms with van der Waals surface area (Å²) >= 11 is 0. The maximum absolute atomic E-state index is 12.2. The summed E-state index contributed by atoms with van der Waals surface area (Å²) < 4.78 is 28.6. The number of nitrogens with two attached hydrogens (primary N) is 1. The molecule has 0 aliphatic heterocycles. The Balaban J connectivity index is 2.22. The minimum Gasteiger partial charge on any atom is -0.398 e. The van der Waals surface area contributed by atoms with Crippen molar-refractivity contribution in [3.8, 4) is 0 Å². The Hall–Kier alpha value is -1.86. The van der Waals surface area contributed by atoms with Gasteiger partial charge in [-0.15, -0.1) is 0 Å². The number of hydrogen-bond donors (Lipinski definition) is 2. The Morgan fingerprint density at radius 3 is 2.60 bits per heavy atom. The largest absolute Gasteiger partial charge is 0.398 e. The Morgan fingerprint density at radius 1 is 1.35 bits per heavy atom. The van der Waals surface area contributed by atoms with Gasteiger partial charge in [0.15, 0.2) is 0 Å². The fourth-order valence-corrected chi connectivity index (χ4v) is 2.94. The first kappa shape index (κ1) is 14.5. The number of nitrogens with zero attached hydrogens (tertiary/aromatic N) is 2. The summed E-state index contributed by atoms with van der Waals surface area (Å²) in [7, 11) is -1.81. The Labute approximate surface area is 118 Å². The lowest BCUT2D eigenvalue weighted by Crippen LogP contribution is -2.24. The number of aryl methyl sites for hydroxylation is 2. The highest BCUT2D eigenvalue weighted by Crippen LogP contribution is 2.21. The standard InChI is InChI=1S/C13H18N4O2S/c1-9-6-12(7-13(14)10(9)2)20(18,19)15-8-11-4-5-17(3)16-11/h4-7,15H,8,14H2,1-3H3. The molecule has 2 rings (SSSR count). The highest BCUT2D eigenvalue weighted by Gasteiger charge is 2.16. The van der Waals surface area contributed by atoms with Gasteiger partial charge in [-0.05, 0) is 43.2 Å². The first-order valence-corrected chi connectivity index (χ1v) is 7.63. The summed E-state index contributed by atoms with van der Waals surface area (Å²) in [6, 6.07) is 4.85. The molecule has 108 valence electrons. The van der Waals surface area contributed by atoms with Crippen LogP contribution in [0.25, 0.3) is 0 Å². The van der Waals surface area contributed by atoms with Gasteiger partial charge in [0.2, 0.25) is 10.0 Å². The van der Waals surface area contributed by atoms with Crippen molar-refractivity contribution in [2.24, 2.45) is 7.05 Å². The van der Waals surface area contributed by atoms with Gasteiger partial charge in [0.1, 0.15) is 0 Å². The third-order valence-electron chi connectivity index (χ3n) is 3.20. The summed E-state index contributed by atoms with van der Waals surface area (Å²) in [6.07, 6.45) is 1.76. The van der Waals surface area contributed by atoms with Gasteiger partial charge in [-0.2, -0.15) is 5.10 Å². The number of rotatable bonds is 4. The van der Waals surface area contributed by atoms with Crippen LogP contribution in [0, 0.1) is 13.8 Å². The molecule has 0 saturated heterocycles. The zero-order valence-corrected chi connectivity index (χ0v) is 12.5. The second-order valence-electron chi connectivity index (χ2n) is 4.76. The van der Waals surface area contributed by atoms with Crippen molar-refractivity contribution in [2.75, 3.05) is 5.73 Å². The molecule has 0 amide bonds. The molecule has 0 aliphatic rings. The van der Waals surface area contributed by atoms with Gasteiger partial charge in [-0.25, -0.2) is 13.1 Å². The number of anilines is 1. The van der Waals surface area contributed by atoms with E-state index in [0.29, 0.717) is 11.4 Å². The molecule has 1 aromatic heterocycles. The van der Waals surface area contributed by atoms with Gasteiger partial charge in [-0.1, -0.05) is 0 Å². The molecule has 2 aromatic rings. The first-order chi connectivity index (χ1) is 9.29. The lowest BCUT2D eigenvalue weighted by atomic mass is 10.1. The molecule has 3 N–H and O–H groups in total. The molecule has 0 fully saturated rings. The second-order valence-corrected chi connectivity index (χ2v) is 6.53. The molecule has 0 bridgehead atoms. The van der Waals surface area contributed by atoms with E-state index < -0.39 is 10.0 Å². The summed E-state index contributed by atoms with van der Waals surface area (Å²) in [4.78, 5) is 0.175. The minimum absolute atomic E-state index is 0.149. The fraction of sp³-hybridized carbons (Fsp3) is 0.308. The summed E-state index contributed by atoms with van der Waals surface area (Å²) in [5, 5.41) is 4.12. The van der Waals surface area contributed by atoms with Crippen molar-refractivity contribution in [2.45, 2.75) is 25.3 Å². The monoisotopic (exact) mass is 294 g/mol. The Morgan fingerprint density at radius 2 is 2.05 bits per heavy atom. The van der Waals surface area contributed by atoms with Crippen LogP contribution in [0.3, 0.4) is 0 Å². The van der Waals surface area contributed by atoms with Gasteiger partial charge >= 0.3 is 0 Å². The van der Waals surface area contributed by atoms with E-state index in [1.165, 1.54) is 6.07 Å². The first-order valence-electron chi connectivity index (χ1n) is 6.14. The Kier molecular flexibility index (Phi) is 3.82. The van der Waals surface area contributed by atoms with E-state index in [-0.39, 0.29) is 11.4 Å². The number of nitrogen functional groups attached to an aromatic ring is 1. The molecule has 6 nitrogen and oxygen atoms in total. The van der Waals surface area contributed by atoms with Crippen LogP contribution in [0.1, 0.15) is 16.8 Å². The van der Waals surface area contributed by atoms with Crippen LogP contribution in [0.15, 0.2) is 29.3 Å². The van der Waals surface area contributed by atoms with Crippen LogP contribution in [0.4, 0.5) is 5.69 Å². The average Bonchev–Trinajstić information content (AvgIpc) is 2.79. The van der Waals surface area contributed by atoms with E-state index in [0.717, 1.165) is 11.1 Å². The predicted octanol–water partition coefficient (Wildman–Crippen LogP) is 1.10. The van der Waals surface area contributed by atoms with E-state index in [4.69, 9.17) is 5.73 Å². The van der Waals surface area contributed by atoms with Crippen molar-refractivity contribution in [3.05, 3.63) is 41.2 Å². The Bertz CT molecular complexity index is 712. The lowest BCUT2D eigenvalue weighted by molar-refractivity contribution is 0.579. The second kappa shape index (κ2) is 5.26. The number of nitrogens with one attached hydrogen (secondary N) is 1. The highest BCUT2D eigenvalue weighted by atomic mass is 32.2. The van der Waals surface area contributed by atoms with Crippen molar-refractivity contribution < 1.29 is 8.42 Å². The number of benzene rings is 1. The third-order valence-corrected chi connectivity index (χ3v) is 4.58. The molecule has 0 atom stereocenters. The predicted molar refractivity (Wildman–Crippen MR) is 77.6 cm³/mol. The zero-order chi connectivity index (χ0) is 14.9. The smallest absolute Gasteiger partial charge is 0.241 e. The van der Waals surface area contributed by atoms with E-state index in [2.05, 4.69) is 9.82 Å². The van der Waals surface area contributed by atoms with Crippen molar-refractivity contribution in [1.82, 2.24) is 14.5 Å². The summed E-state index contributed by atoms with van der Waals surface area (Å²) in [5.41, 5.74) is 8.70. The zero-order valence-electron chi connectivity index (χ0n) is 11.7. The molecule has 0 saturated carbocycles. The normalized spacial score (nSPS) is 11.8. The van der Waals surface area contributed by atoms with Gasteiger partial charge in [0, 0.05) is 18.9 Å². The highest BCUT2D eigenvalue weighted by molar-refractivity contribution is 7.89. The molecule has 0 spiro atoms. The van der Waals surface area contributed by atoms with Crippen molar-refractivity contribution >= 4 is 15.7 Å². The molecule has 0 unspecified atom stereocenters. The molecule has 1 heterocycles. The maximum Gasteiger partial charge on any atom is 0.241 e. The van der Waals surface area contributed by atoms with E-state index in [1.807, 2.05) is 13.8 Å². The SMILES string of the molecule is Cc1cc(S(=O)(=O)NCc2ccn(C)n2)cc(N)c1C. The third kappa shape index (κ3) is 3.00. The van der Waals surface area contributed by atoms with Gasteiger partial charge in [0.05, 0.1) is 17.1 Å². The topological polar surface area (TPSA) is 90.0 Å². The molecule has 20 heavy (non-hydrogen) atoms. The van der Waals surface area contributed by atoms with Crippen molar-refractivity contribution in [3.63, 3.8) is 0 Å².